The topological polar surface area (TPSA) is 49.6 Å². The van der Waals surface area contributed by atoms with E-state index in [9.17, 15) is 4.79 Å². The number of nitrogens with zero attached hydrogens (tertiary/aromatic N) is 2. The summed E-state index contributed by atoms with van der Waals surface area (Å²) in [5, 5.41) is 0. The number of piperazine rings is 1. The van der Waals surface area contributed by atoms with Gasteiger partial charge in [0, 0.05) is 23.2 Å². The monoisotopic (exact) mass is 325 g/mol. The van der Waals surface area contributed by atoms with Crippen molar-refractivity contribution in [2.75, 3.05) is 25.0 Å². The quantitative estimate of drug-likeness (QED) is 0.902. The molecule has 1 aliphatic rings. The van der Waals surface area contributed by atoms with Crippen molar-refractivity contribution in [3.05, 3.63) is 28.7 Å². The number of amides is 1. The van der Waals surface area contributed by atoms with Crippen molar-refractivity contribution < 1.29 is 4.79 Å². The number of likely N-dealkylation sites (N-methyl/N-ethyl adjacent to an activating group) is 1. The van der Waals surface area contributed by atoms with Crippen molar-refractivity contribution >= 4 is 27.5 Å². The molecule has 2 rings (SSSR count). The molecule has 0 bridgehead atoms. The van der Waals surface area contributed by atoms with Gasteiger partial charge in [0.05, 0.1) is 5.54 Å². The van der Waals surface area contributed by atoms with Crippen LogP contribution in [0.15, 0.2) is 28.7 Å². The second kappa shape index (κ2) is 5.23. The number of anilines is 1. The minimum Gasteiger partial charge on any atom is -0.328 e. The lowest BCUT2D eigenvalue weighted by Crippen LogP contribution is -2.67. The fourth-order valence-corrected chi connectivity index (χ4v) is 3.04. The molecular weight excluding hydrogens is 306 g/mol. The van der Waals surface area contributed by atoms with Crippen LogP contribution in [0.3, 0.4) is 0 Å². The zero-order chi connectivity index (χ0) is 14.2. The maximum Gasteiger partial charge on any atom is 0.246 e. The Morgan fingerprint density at radius 2 is 1.95 bits per heavy atom. The van der Waals surface area contributed by atoms with Crippen molar-refractivity contribution in [2.24, 2.45) is 5.73 Å². The lowest BCUT2D eigenvalue weighted by atomic mass is 9.94. The van der Waals surface area contributed by atoms with Crippen LogP contribution in [-0.2, 0) is 4.79 Å². The van der Waals surface area contributed by atoms with Crippen LogP contribution >= 0.6 is 15.9 Å². The molecule has 2 N–H and O–H groups in total. The zero-order valence-corrected chi connectivity index (χ0v) is 13.1. The molecule has 1 aromatic carbocycles. The van der Waals surface area contributed by atoms with Gasteiger partial charge in [-0.1, -0.05) is 15.9 Å². The average Bonchev–Trinajstić information content (AvgIpc) is 2.30. The number of hydrogen-bond acceptors (Lipinski definition) is 3. The van der Waals surface area contributed by atoms with Gasteiger partial charge in [0.25, 0.3) is 0 Å². The summed E-state index contributed by atoms with van der Waals surface area (Å²) in [6.07, 6.45) is 0. The van der Waals surface area contributed by atoms with Crippen LogP contribution in [-0.4, -0.2) is 42.5 Å². The smallest absolute Gasteiger partial charge is 0.246 e. The number of nitrogens with two attached hydrogens (primary N) is 1. The highest BCUT2D eigenvalue weighted by molar-refractivity contribution is 9.10. The van der Waals surface area contributed by atoms with Crippen molar-refractivity contribution in [3.8, 4) is 0 Å². The Morgan fingerprint density at radius 1 is 1.37 bits per heavy atom. The number of benzene rings is 1. The van der Waals surface area contributed by atoms with E-state index < -0.39 is 0 Å². The SMILES string of the molecule is CN1CC(C)(C)N(c2ccc(Br)cc2)C(=O)C1CN. The van der Waals surface area contributed by atoms with Crippen LogP contribution in [0.2, 0.25) is 0 Å². The lowest BCUT2D eigenvalue weighted by Gasteiger charge is -2.49. The molecule has 5 heteroatoms. The standard InChI is InChI=1S/C14H20BrN3O/c1-14(2)9-17(3)12(8-16)13(19)18(14)11-6-4-10(15)5-7-11/h4-7,12H,8-9,16H2,1-3H3. The summed E-state index contributed by atoms with van der Waals surface area (Å²) in [4.78, 5) is 16.6. The van der Waals surface area contributed by atoms with Crippen molar-refractivity contribution in [1.29, 1.82) is 0 Å². The molecule has 0 aliphatic carbocycles. The van der Waals surface area contributed by atoms with E-state index in [0.29, 0.717) is 6.54 Å². The molecule has 0 aromatic heterocycles. The zero-order valence-electron chi connectivity index (χ0n) is 11.6. The van der Waals surface area contributed by atoms with E-state index in [4.69, 9.17) is 5.73 Å². The van der Waals surface area contributed by atoms with E-state index in [0.717, 1.165) is 16.7 Å². The number of carbonyl (C=O) groups is 1. The van der Waals surface area contributed by atoms with Crippen LogP contribution in [0.5, 0.6) is 0 Å². The van der Waals surface area contributed by atoms with Crippen LogP contribution in [0, 0.1) is 0 Å². The molecule has 104 valence electrons. The Morgan fingerprint density at radius 3 is 2.47 bits per heavy atom. The normalized spacial score (nSPS) is 23.7. The van der Waals surface area contributed by atoms with E-state index >= 15 is 0 Å². The van der Waals surface area contributed by atoms with Crippen LogP contribution in [0.25, 0.3) is 0 Å². The Hall–Kier alpha value is -0.910. The van der Waals surface area contributed by atoms with Gasteiger partial charge in [0.15, 0.2) is 0 Å². The Kier molecular flexibility index (Phi) is 3.99. The van der Waals surface area contributed by atoms with Crippen molar-refractivity contribution in [1.82, 2.24) is 4.90 Å². The Balaban J connectivity index is 2.40. The lowest BCUT2D eigenvalue weighted by molar-refractivity contribution is -0.127. The second-order valence-corrected chi connectivity index (χ2v) is 6.54. The highest BCUT2D eigenvalue weighted by atomic mass is 79.9. The molecule has 1 saturated heterocycles. The molecule has 1 heterocycles. The van der Waals surface area contributed by atoms with Gasteiger partial charge in [-0.3, -0.25) is 9.69 Å². The third-order valence-electron chi connectivity index (χ3n) is 3.59. The molecule has 1 fully saturated rings. The molecule has 4 nitrogen and oxygen atoms in total. The molecule has 1 aromatic rings. The molecule has 0 saturated carbocycles. The summed E-state index contributed by atoms with van der Waals surface area (Å²) in [5.74, 6) is 0.0728. The number of carbonyl (C=O) groups excluding carboxylic acids is 1. The van der Waals surface area contributed by atoms with Crippen LogP contribution < -0.4 is 10.6 Å². The highest BCUT2D eigenvalue weighted by Gasteiger charge is 2.43. The first-order valence-electron chi connectivity index (χ1n) is 6.37. The molecule has 1 unspecified atom stereocenters. The maximum absolute atomic E-state index is 12.7. The van der Waals surface area contributed by atoms with E-state index in [1.807, 2.05) is 41.1 Å². The molecule has 1 amide bonds. The number of hydrogen-bond donors (Lipinski definition) is 1. The van der Waals surface area contributed by atoms with Gasteiger partial charge in [-0.05, 0) is 45.2 Å². The Bertz CT molecular complexity index is 472. The summed E-state index contributed by atoms with van der Waals surface area (Å²) >= 11 is 3.42. The molecule has 0 spiro atoms. The van der Waals surface area contributed by atoms with Gasteiger partial charge in [0.2, 0.25) is 5.91 Å². The first-order valence-corrected chi connectivity index (χ1v) is 7.16. The van der Waals surface area contributed by atoms with E-state index in [1.54, 1.807) is 0 Å². The van der Waals surface area contributed by atoms with Gasteiger partial charge in [0.1, 0.15) is 6.04 Å². The van der Waals surface area contributed by atoms with Crippen LogP contribution in [0.1, 0.15) is 13.8 Å². The van der Waals surface area contributed by atoms with Crippen molar-refractivity contribution in [2.45, 2.75) is 25.4 Å². The first kappa shape index (κ1) is 14.5. The maximum atomic E-state index is 12.7. The summed E-state index contributed by atoms with van der Waals surface area (Å²) in [6.45, 7) is 5.31. The van der Waals surface area contributed by atoms with Gasteiger partial charge in [-0.15, -0.1) is 0 Å². The average molecular weight is 326 g/mol. The van der Waals surface area contributed by atoms with E-state index in [-0.39, 0.29) is 17.5 Å². The summed E-state index contributed by atoms with van der Waals surface area (Å²) in [5.41, 5.74) is 6.42. The van der Waals surface area contributed by atoms with E-state index in [1.165, 1.54) is 0 Å². The van der Waals surface area contributed by atoms with Gasteiger partial charge in [-0.25, -0.2) is 0 Å². The summed E-state index contributed by atoms with van der Waals surface area (Å²) in [7, 11) is 1.95. The largest absolute Gasteiger partial charge is 0.328 e. The highest BCUT2D eigenvalue weighted by Crippen LogP contribution is 2.31. The third-order valence-corrected chi connectivity index (χ3v) is 4.12. The minimum atomic E-state index is -0.245. The van der Waals surface area contributed by atoms with Gasteiger partial charge < -0.3 is 10.6 Å². The molecular formula is C14H20BrN3O. The summed E-state index contributed by atoms with van der Waals surface area (Å²) < 4.78 is 1.01. The minimum absolute atomic E-state index is 0.0728. The molecule has 0 radical (unpaired) electrons. The molecule has 1 atom stereocenters. The van der Waals surface area contributed by atoms with Crippen molar-refractivity contribution in [3.63, 3.8) is 0 Å². The molecule has 1 aliphatic heterocycles. The first-order chi connectivity index (χ1) is 8.86. The predicted octanol–water partition coefficient (Wildman–Crippen LogP) is 1.83. The Labute approximate surface area is 122 Å². The number of halogens is 1. The summed E-state index contributed by atoms with van der Waals surface area (Å²) in [6, 6.07) is 7.59. The number of rotatable bonds is 2. The fraction of sp³-hybridized carbons (Fsp3) is 0.500. The second-order valence-electron chi connectivity index (χ2n) is 5.63. The van der Waals surface area contributed by atoms with Gasteiger partial charge in [-0.2, -0.15) is 0 Å². The predicted molar refractivity (Wildman–Crippen MR) is 81.2 cm³/mol. The van der Waals surface area contributed by atoms with Crippen LogP contribution in [0.4, 0.5) is 5.69 Å². The third kappa shape index (κ3) is 2.68. The fourth-order valence-electron chi connectivity index (χ4n) is 2.77. The van der Waals surface area contributed by atoms with E-state index in [2.05, 4.69) is 29.8 Å². The van der Waals surface area contributed by atoms with Gasteiger partial charge >= 0.3 is 0 Å². The molecule has 19 heavy (non-hydrogen) atoms.